The van der Waals surface area contributed by atoms with Gasteiger partial charge in [0.2, 0.25) is 17.8 Å². The molecule has 0 aliphatic carbocycles. The maximum atomic E-state index is 11.7. The van der Waals surface area contributed by atoms with Crippen molar-refractivity contribution in [2.24, 2.45) is 0 Å². The van der Waals surface area contributed by atoms with E-state index in [1.165, 1.54) is 38.5 Å². The minimum atomic E-state index is -1.85. The molecule has 15 heteroatoms. The molecule has 1 saturated heterocycles. The Balaban J connectivity index is 1.76. The molecule has 5 atom stereocenters. The molecular weight excluding hydrogens is 552 g/mol. The minimum Gasteiger partial charge on any atom is -0.507 e. The SMILES string of the molecule is COc1cc(-c2[o+]c3cc(O)cc(O)c3cc2O[C@@H]2OC(COC(=O)CC(=O)O)[C@@H](O)C(O)C2O)cc(OC)c1O. The maximum absolute atomic E-state index is 11.7. The zero-order chi connectivity index (χ0) is 30.0. The van der Waals surface area contributed by atoms with Crippen molar-refractivity contribution in [2.75, 3.05) is 20.8 Å². The number of hydrogen-bond donors (Lipinski definition) is 7. The summed E-state index contributed by atoms with van der Waals surface area (Å²) in [5.41, 5.74) is 0.195. The minimum absolute atomic E-state index is 0.000328. The van der Waals surface area contributed by atoms with Crippen LogP contribution in [-0.4, -0.2) is 99.2 Å². The Morgan fingerprint density at radius 1 is 0.902 bits per heavy atom. The average molecular weight is 579 g/mol. The molecule has 3 unspecified atom stereocenters. The van der Waals surface area contributed by atoms with Crippen LogP contribution in [0.2, 0.25) is 0 Å². The number of methoxy groups -OCH3 is 2. The highest BCUT2D eigenvalue weighted by Crippen LogP contribution is 2.45. The third-order valence-electron chi connectivity index (χ3n) is 6.17. The number of carbonyl (C=O) groups is 2. The van der Waals surface area contributed by atoms with E-state index in [9.17, 15) is 40.2 Å². The third kappa shape index (κ3) is 6.12. The van der Waals surface area contributed by atoms with Gasteiger partial charge in [-0.15, -0.1) is 0 Å². The van der Waals surface area contributed by atoms with Crippen molar-refractivity contribution in [2.45, 2.75) is 37.1 Å². The first-order chi connectivity index (χ1) is 19.4. The highest BCUT2D eigenvalue weighted by molar-refractivity contribution is 5.90. The predicted molar refractivity (Wildman–Crippen MR) is 135 cm³/mol. The standard InChI is InChI=1S/C26H26O15/c1-36-15-3-10(4-16(37-2)21(15)32)25-17(7-12-13(28)5-11(27)6-14(12)39-25)40-26-24(35)23(34)22(33)18(41-26)9-38-20(31)8-19(29)30/h3-7,18,22-24,26,33-35H,8-9H2,1-2H3,(H3-,27,28,29,30,32)/p+1/t18?,22-,23?,24?,26-/m1/s1. The summed E-state index contributed by atoms with van der Waals surface area (Å²) in [5.74, 6) is -3.93. The summed E-state index contributed by atoms with van der Waals surface area (Å²) < 4.78 is 32.5. The summed E-state index contributed by atoms with van der Waals surface area (Å²) in [6.07, 6.45) is -9.57. The summed E-state index contributed by atoms with van der Waals surface area (Å²) in [7, 11) is 2.59. The van der Waals surface area contributed by atoms with Gasteiger partial charge in [0.25, 0.3) is 0 Å². The molecule has 3 aromatic rings. The zero-order valence-corrected chi connectivity index (χ0v) is 21.6. The van der Waals surface area contributed by atoms with Gasteiger partial charge < -0.3 is 59.4 Å². The summed E-state index contributed by atoms with van der Waals surface area (Å²) in [5, 5.41) is 70.9. The second kappa shape index (κ2) is 11.9. The molecule has 1 aromatic heterocycles. The van der Waals surface area contributed by atoms with E-state index in [0.717, 1.165) is 6.07 Å². The van der Waals surface area contributed by atoms with Gasteiger partial charge in [-0.2, -0.15) is 0 Å². The second-order valence-electron chi connectivity index (χ2n) is 8.93. The largest absolute Gasteiger partial charge is 0.507 e. The van der Waals surface area contributed by atoms with Gasteiger partial charge in [0.15, 0.2) is 11.5 Å². The highest BCUT2D eigenvalue weighted by atomic mass is 16.7. The van der Waals surface area contributed by atoms with Crippen molar-refractivity contribution in [3.63, 3.8) is 0 Å². The van der Waals surface area contributed by atoms with E-state index in [4.69, 9.17) is 33.2 Å². The number of fused-ring (bicyclic) bond motifs is 1. The number of rotatable bonds is 9. The Bertz CT molecular complexity index is 1430. The van der Waals surface area contributed by atoms with Crippen LogP contribution in [0.25, 0.3) is 22.3 Å². The van der Waals surface area contributed by atoms with Crippen LogP contribution in [0, 0.1) is 0 Å². The Kier molecular flexibility index (Phi) is 8.53. The van der Waals surface area contributed by atoms with Gasteiger partial charge in [0.1, 0.15) is 54.3 Å². The van der Waals surface area contributed by atoms with Gasteiger partial charge in [0, 0.05) is 24.3 Å². The van der Waals surface area contributed by atoms with Crippen LogP contribution in [-0.2, 0) is 19.1 Å². The van der Waals surface area contributed by atoms with Gasteiger partial charge >= 0.3 is 23.3 Å². The maximum Gasteiger partial charge on any atom is 0.402 e. The Labute approximate surface area is 230 Å². The number of ether oxygens (including phenoxy) is 5. The fourth-order valence-corrected chi connectivity index (χ4v) is 4.12. The van der Waals surface area contributed by atoms with Gasteiger partial charge in [-0.1, -0.05) is 0 Å². The molecule has 1 aliphatic rings. The van der Waals surface area contributed by atoms with Crippen molar-refractivity contribution in [1.82, 2.24) is 0 Å². The number of carbonyl (C=O) groups excluding carboxylic acids is 1. The lowest BCUT2D eigenvalue weighted by Crippen LogP contribution is -2.60. The van der Waals surface area contributed by atoms with E-state index in [-0.39, 0.29) is 51.0 Å². The normalized spacial score (nSPS) is 22.2. The summed E-state index contributed by atoms with van der Waals surface area (Å²) in [6, 6.07) is 6.26. The first kappa shape index (κ1) is 29.4. The molecule has 0 amide bonds. The molecular formula is C26H27O15+. The lowest BCUT2D eigenvalue weighted by Gasteiger charge is -2.39. The third-order valence-corrected chi connectivity index (χ3v) is 6.17. The second-order valence-corrected chi connectivity index (χ2v) is 8.93. The molecule has 4 rings (SSSR count). The van der Waals surface area contributed by atoms with Crippen LogP contribution in [0.1, 0.15) is 6.42 Å². The fraction of sp³-hybridized carbons (Fsp3) is 0.346. The number of aliphatic carboxylic acids is 1. The van der Waals surface area contributed by atoms with Gasteiger partial charge in [-0.25, -0.2) is 4.42 Å². The van der Waals surface area contributed by atoms with Crippen LogP contribution in [0.3, 0.4) is 0 Å². The van der Waals surface area contributed by atoms with Crippen molar-refractivity contribution in [3.05, 3.63) is 30.3 Å². The Hall–Kier alpha value is -4.57. The molecule has 2 heterocycles. The molecule has 15 nitrogen and oxygen atoms in total. The van der Waals surface area contributed by atoms with Crippen LogP contribution in [0.15, 0.2) is 34.7 Å². The van der Waals surface area contributed by atoms with E-state index in [2.05, 4.69) is 0 Å². The first-order valence-electron chi connectivity index (χ1n) is 11.9. The number of aliphatic hydroxyl groups excluding tert-OH is 3. The van der Waals surface area contributed by atoms with Crippen LogP contribution in [0.5, 0.6) is 34.5 Å². The quantitative estimate of drug-likeness (QED) is 0.105. The number of aliphatic hydroxyl groups is 3. The lowest BCUT2D eigenvalue weighted by molar-refractivity contribution is -0.278. The molecule has 0 radical (unpaired) electrons. The van der Waals surface area contributed by atoms with E-state index in [0.29, 0.717) is 0 Å². The molecule has 1 aliphatic heterocycles. The number of hydrogen-bond acceptors (Lipinski definition) is 13. The summed E-state index contributed by atoms with van der Waals surface area (Å²) >= 11 is 0. The fourth-order valence-electron chi connectivity index (χ4n) is 4.12. The molecule has 2 aromatic carbocycles. The number of phenols is 3. The van der Waals surface area contributed by atoms with Gasteiger partial charge in [0.05, 0.1) is 25.8 Å². The Morgan fingerprint density at radius 3 is 2.17 bits per heavy atom. The van der Waals surface area contributed by atoms with Gasteiger partial charge in [-0.3, -0.25) is 9.59 Å². The number of aromatic hydroxyl groups is 3. The van der Waals surface area contributed by atoms with E-state index in [1.807, 2.05) is 0 Å². The molecule has 7 N–H and O–H groups in total. The van der Waals surface area contributed by atoms with Gasteiger partial charge in [-0.05, 0) is 0 Å². The summed E-state index contributed by atoms with van der Waals surface area (Å²) in [4.78, 5) is 22.4. The smallest absolute Gasteiger partial charge is 0.402 e. The number of phenolic OH excluding ortho intramolecular Hbond substituents is 3. The number of carboxylic acid groups (broad SMARTS) is 1. The zero-order valence-electron chi connectivity index (χ0n) is 21.6. The molecule has 0 bridgehead atoms. The van der Waals surface area contributed by atoms with Crippen LogP contribution < -0.4 is 14.2 Å². The van der Waals surface area contributed by atoms with Crippen molar-refractivity contribution >= 4 is 22.9 Å². The summed E-state index contributed by atoms with van der Waals surface area (Å²) in [6.45, 7) is -0.682. The molecule has 220 valence electrons. The molecule has 41 heavy (non-hydrogen) atoms. The lowest BCUT2D eigenvalue weighted by atomic mass is 9.99. The molecule has 1 fully saturated rings. The number of esters is 1. The monoisotopic (exact) mass is 579 g/mol. The first-order valence-corrected chi connectivity index (χ1v) is 11.9. The van der Waals surface area contributed by atoms with Crippen LogP contribution in [0.4, 0.5) is 0 Å². The topological polar surface area (TPSA) is 233 Å². The van der Waals surface area contributed by atoms with Crippen LogP contribution >= 0.6 is 0 Å². The Morgan fingerprint density at radius 2 is 1.56 bits per heavy atom. The highest BCUT2D eigenvalue weighted by Gasteiger charge is 2.46. The van der Waals surface area contributed by atoms with Crippen molar-refractivity contribution in [1.29, 1.82) is 0 Å². The number of benzene rings is 2. The number of carboxylic acids is 1. The predicted octanol–water partition coefficient (Wildman–Crippen LogP) is 0.719. The van der Waals surface area contributed by atoms with Crippen molar-refractivity contribution in [3.8, 4) is 45.8 Å². The van der Waals surface area contributed by atoms with E-state index < -0.39 is 61.4 Å². The van der Waals surface area contributed by atoms with E-state index >= 15 is 0 Å². The van der Waals surface area contributed by atoms with Crippen molar-refractivity contribution < 1.29 is 73.4 Å². The molecule has 0 saturated carbocycles. The average Bonchev–Trinajstić information content (AvgIpc) is 2.92. The molecule has 0 spiro atoms. The van der Waals surface area contributed by atoms with E-state index in [1.54, 1.807) is 0 Å².